The van der Waals surface area contributed by atoms with Gasteiger partial charge in [0.2, 0.25) is 0 Å². The van der Waals surface area contributed by atoms with Crippen molar-refractivity contribution in [1.29, 1.82) is 0 Å². The maximum atomic E-state index is 11.2. The van der Waals surface area contributed by atoms with Crippen LogP contribution in [0.15, 0.2) is 10.9 Å². The molecule has 1 aliphatic carbocycles. The fourth-order valence-corrected chi connectivity index (χ4v) is 2.53. The Labute approximate surface area is 107 Å². The summed E-state index contributed by atoms with van der Waals surface area (Å²) in [6, 6.07) is 1.93. The smallest absolute Gasteiger partial charge is 0.252 e. The quantitative estimate of drug-likeness (QED) is 0.701. The van der Waals surface area contributed by atoms with E-state index in [-0.39, 0.29) is 5.56 Å². The van der Waals surface area contributed by atoms with E-state index >= 15 is 0 Å². The maximum Gasteiger partial charge on any atom is 0.252 e. The Kier molecular flexibility index (Phi) is 4.75. The highest BCUT2D eigenvalue weighted by Crippen LogP contribution is 2.16. The molecule has 0 atom stereocenters. The Morgan fingerprint density at radius 1 is 1.33 bits per heavy atom. The first-order valence-corrected chi connectivity index (χ1v) is 6.83. The molecule has 0 bridgehead atoms. The van der Waals surface area contributed by atoms with Gasteiger partial charge in [0.15, 0.2) is 0 Å². The monoisotopic (exact) mass is 250 g/mol. The van der Waals surface area contributed by atoms with Crippen molar-refractivity contribution in [3.05, 3.63) is 22.2 Å². The number of hydrogen-bond acceptors (Lipinski definition) is 4. The van der Waals surface area contributed by atoms with Crippen molar-refractivity contribution < 1.29 is 0 Å². The number of nitrogens with two attached hydrogens (primary N) is 1. The average molecular weight is 250 g/mol. The van der Waals surface area contributed by atoms with E-state index in [9.17, 15) is 4.79 Å². The molecular formula is C13H22N4O. The third kappa shape index (κ3) is 4.14. The first-order valence-electron chi connectivity index (χ1n) is 6.83. The third-order valence-electron chi connectivity index (χ3n) is 3.46. The molecule has 0 radical (unpaired) electrons. The lowest BCUT2D eigenvalue weighted by atomic mass is 10.1. The highest BCUT2D eigenvalue weighted by Gasteiger charge is 2.11. The van der Waals surface area contributed by atoms with E-state index in [1.165, 1.54) is 44.6 Å². The van der Waals surface area contributed by atoms with Crippen LogP contribution in [0.25, 0.3) is 0 Å². The molecule has 0 unspecified atom stereocenters. The van der Waals surface area contributed by atoms with E-state index in [1.54, 1.807) is 0 Å². The lowest BCUT2D eigenvalue weighted by Gasteiger charge is -2.15. The second-order valence-electron chi connectivity index (χ2n) is 5.01. The van der Waals surface area contributed by atoms with Gasteiger partial charge in [0, 0.05) is 25.1 Å². The Bertz CT molecular complexity index is 421. The lowest BCUT2D eigenvalue weighted by molar-refractivity contribution is 0.461. The number of H-pyrrole nitrogens is 1. The van der Waals surface area contributed by atoms with Gasteiger partial charge < -0.3 is 16.0 Å². The Balaban J connectivity index is 1.78. The average Bonchev–Trinajstić information content (AvgIpc) is 2.56. The van der Waals surface area contributed by atoms with Gasteiger partial charge in [-0.3, -0.25) is 4.79 Å². The summed E-state index contributed by atoms with van der Waals surface area (Å²) in [5, 5.41) is 3.55. The number of nitrogens with one attached hydrogen (secondary N) is 2. The number of aromatic nitrogens is 2. The van der Waals surface area contributed by atoms with Gasteiger partial charge in [-0.2, -0.15) is 0 Å². The van der Waals surface area contributed by atoms with Gasteiger partial charge in [-0.15, -0.1) is 0 Å². The molecule has 0 amide bonds. The van der Waals surface area contributed by atoms with Crippen molar-refractivity contribution in [2.24, 2.45) is 0 Å². The summed E-state index contributed by atoms with van der Waals surface area (Å²) >= 11 is 0. The standard InChI is InChI=1S/C13H22N4O/c14-11-9-13(18)17-12(16-11)7-8-15-10-5-3-1-2-4-6-10/h9-10,15H,1-8H2,(H3,14,16,17,18). The Hall–Kier alpha value is -1.36. The Morgan fingerprint density at radius 2 is 2.06 bits per heavy atom. The SMILES string of the molecule is Nc1cc(=O)[nH]c(CCNC2CCCCCC2)n1. The predicted molar refractivity (Wildman–Crippen MR) is 72.5 cm³/mol. The van der Waals surface area contributed by atoms with E-state index < -0.39 is 0 Å². The van der Waals surface area contributed by atoms with Gasteiger partial charge in [0.25, 0.3) is 5.56 Å². The second-order valence-corrected chi connectivity index (χ2v) is 5.01. The minimum atomic E-state index is -0.174. The number of anilines is 1. The molecule has 1 heterocycles. The molecule has 18 heavy (non-hydrogen) atoms. The molecule has 1 aromatic heterocycles. The van der Waals surface area contributed by atoms with Crippen LogP contribution in [0.3, 0.4) is 0 Å². The van der Waals surface area contributed by atoms with Crippen LogP contribution in [0.4, 0.5) is 5.82 Å². The molecule has 1 aromatic rings. The van der Waals surface area contributed by atoms with Crippen LogP contribution in [-0.2, 0) is 6.42 Å². The highest BCUT2D eigenvalue weighted by atomic mass is 16.1. The number of nitrogen functional groups attached to an aromatic ring is 1. The van der Waals surface area contributed by atoms with Crippen molar-refractivity contribution in [3.8, 4) is 0 Å². The van der Waals surface area contributed by atoms with Crippen LogP contribution < -0.4 is 16.6 Å². The molecule has 1 saturated carbocycles. The van der Waals surface area contributed by atoms with Crippen LogP contribution in [0, 0.1) is 0 Å². The van der Waals surface area contributed by atoms with E-state index in [1.807, 2.05) is 0 Å². The van der Waals surface area contributed by atoms with E-state index in [0.29, 0.717) is 17.7 Å². The zero-order chi connectivity index (χ0) is 12.8. The van der Waals surface area contributed by atoms with Crippen LogP contribution in [0.5, 0.6) is 0 Å². The minimum Gasteiger partial charge on any atom is -0.383 e. The van der Waals surface area contributed by atoms with Gasteiger partial charge in [-0.1, -0.05) is 25.7 Å². The maximum absolute atomic E-state index is 11.2. The van der Waals surface area contributed by atoms with Crippen molar-refractivity contribution >= 4 is 5.82 Å². The molecule has 1 fully saturated rings. The summed E-state index contributed by atoms with van der Waals surface area (Å²) in [5.74, 6) is 0.962. The van der Waals surface area contributed by atoms with Gasteiger partial charge >= 0.3 is 0 Å². The highest BCUT2D eigenvalue weighted by molar-refractivity contribution is 5.25. The number of rotatable bonds is 4. The molecule has 5 heteroatoms. The molecule has 0 spiro atoms. The third-order valence-corrected chi connectivity index (χ3v) is 3.46. The van der Waals surface area contributed by atoms with Crippen molar-refractivity contribution in [2.75, 3.05) is 12.3 Å². The summed E-state index contributed by atoms with van der Waals surface area (Å²) in [4.78, 5) is 18.1. The van der Waals surface area contributed by atoms with E-state index in [0.717, 1.165) is 13.0 Å². The minimum absolute atomic E-state index is 0.174. The molecule has 0 aliphatic heterocycles. The zero-order valence-corrected chi connectivity index (χ0v) is 10.7. The topological polar surface area (TPSA) is 83.8 Å². The van der Waals surface area contributed by atoms with Crippen molar-refractivity contribution in [2.45, 2.75) is 51.0 Å². The van der Waals surface area contributed by atoms with Gasteiger partial charge in [0.1, 0.15) is 11.6 Å². The van der Waals surface area contributed by atoms with E-state index in [2.05, 4.69) is 15.3 Å². The first kappa shape index (κ1) is 13.1. The fraction of sp³-hybridized carbons (Fsp3) is 0.692. The molecule has 5 nitrogen and oxygen atoms in total. The summed E-state index contributed by atoms with van der Waals surface area (Å²) in [7, 11) is 0. The van der Waals surface area contributed by atoms with Crippen molar-refractivity contribution in [3.63, 3.8) is 0 Å². The number of hydrogen-bond donors (Lipinski definition) is 3. The Morgan fingerprint density at radius 3 is 2.72 bits per heavy atom. The molecule has 100 valence electrons. The van der Waals surface area contributed by atoms with Gasteiger partial charge in [-0.25, -0.2) is 4.98 Å². The predicted octanol–water partition coefficient (Wildman–Crippen LogP) is 1.21. The largest absolute Gasteiger partial charge is 0.383 e. The molecule has 0 saturated heterocycles. The van der Waals surface area contributed by atoms with Gasteiger partial charge in [0.05, 0.1) is 0 Å². The van der Waals surface area contributed by atoms with Crippen LogP contribution >= 0.6 is 0 Å². The fourth-order valence-electron chi connectivity index (χ4n) is 2.53. The van der Waals surface area contributed by atoms with Crippen molar-refractivity contribution in [1.82, 2.24) is 15.3 Å². The lowest BCUT2D eigenvalue weighted by Crippen LogP contribution is -2.31. The van der Waals surface area contributed by atoms with E-state index in [4.69, 9.17) is 5.73 Å². The number of nitrogens with zero attached hydrogens (tertiary/aromatic N) is 1. The van der Waals surface area contributed by atoms with Crippen LogP contribution in [0.2, 0.25) is 0 Å². The molecule has 1 aliphatic rings. The van der Waals surface area contributed by atoms with Crippen LogP contribution in [-0.4, -0.2) is 22.6 Å². The normalized spacial score (nSPS) is 17.6. The molecule has 4 N–H and O–H groups in total. The van der Waals surface area contributed by atoms with Gasteiger partial charge in [-0.05, 0) is 12.8 Å². The molecule has 0 aromatic carbocycles. The summed E-state index contributed by atoms with van der Waals surface area (Å²) in [6.07, 6.45) is 8.62. The number of aromatic amines is 1. The second kappa shape index (κ2) is 6.54. The molecule has 2 rings (SSSR count). The summed E-state index contributed by atoms with van der Waals surface area (Å²) in [5.41, 5.74) is 5.37. The first-order chi connectivity index (χ1) is 8.74. The summed E-state index contributed by atoms with van der Waals surface area (Å²) < 4.78 is 0. The summed E-state index contributed by atoms with van der Waals surface area (Å²) in [6.45, 7) is 0.844. The zero-order valence-electron chi connectivity index (χ0n) is 10.7. The van der Waals surface area contributed by atoms with Crippen LogP contribution in [0.1, 0.15) is 44.3 Å². The molecular weight excluding hydrogens is 228 g/mol.